The molecular weight excluding hydrogens is 462 g/mol. The van der Waals surface area contributed by atoms with Crippen LogP contribution in [0.3, 0.4) is 0 Å². The lowest BCUT2D eigenvalue weighted by Crippen LogP contribution is -2.62. The zero-order valence-electron chi connectivity index (χ0n) is 18.2. The molecule has 2 aromatic rings. The Kier molecular flexibility index (Phi) is 7.03. The summed E-state index contributed by atoms with van der Waals surface area (Å²) < 4.78 is 6.18. The number of ether oxygens (including phenoxy) is 1. The maximum atomic E-state index is 13.3. The zero-order chi connectivity index (χ0) is 22.8. The molecule has 1 atom stereocenters. The van der Waals surface area contributed by atoms with Gasteiger partial charge in [0.2, 0.25) is 0 Å². The number of aliphatic hydroxyl groups is 1. The predicted octanol–water partition coefficient (Wildman–Crippen LogP) is 4.19. The molecule has 1 aliphatic heterocycles. The molecule has 0 aliphatic carbocycles. The second kappa shape index (κ2) is 9.38. The fourth-order valence-electron chi connectivity index (χ4n) is 3.46. The van der Waals surface area contributed by atoms with Gasteiger partial charge in [-0.2, -0.15) is 0 Å². The second-order valence-electron chi connectivity index (χ2n) is 7.93. The molecule has 0 fully saturated rings. The first-order valence-corrected chi connectivity index (χ1v) is 11.0. The molecule has 2 aromatic carbocycles. The predicted molar refractivity (Wildman–Crippen MR) is 124 cm³/mol. The fraction of sp³-hybridized carbons (Fsp3) is 0.391. The number of halogens is 1. The second-order valence-corrected chi connectivity index (χ2v) is 8.84. The fourth-order valence-corrected chi connectivity index (χ4v) is 3.82. The van der Waals surface area contributed by atoms with E-state index in [0.717, 1.165) is 16.0 Å². The average Bonchev–Trinajstić information content (AvgIpc) is 2.70. The van der Waals surface area contributed by atoms with Gasteiger partial charge in [-0.05, 0) is 75.6 Å². The van der Waals surface area contributed by atoms with Crippen molar-refractivity contribution < 1.29 is 19.4 Å². The summed E-state index contributed by atoms with van der Waals surface area (Å²) in [5.41, 5.74) is 0.861. The van der Waals surface area contributed by atoms with Crippen molar-refractivity contribution in [3.05, 3.63) is 57.6 Å². The number of nitrogens with one attached hydrogen (secondary N) is 2. The van der Waals surface area contributed by atoms with Gasteiger partial charge in [0.05, 0.1) is 11.8 Å². The summed E-state index contributed by atoms with van der Waals surface area (Å²) in [5, 5.41) is 17.3. The van der Waals surface area contributed by atoms with Crippen molar-refractivity contribution in [2.75, 3.05) is 23.4 Å². The van der Waals surface area contributed by atoms with E-state index in [9.17, 15) is 14.7 Å². The maximum absolute atomic E-state index is 13.3. The number of benzene rings is 2. The average molecular weight is 490 g/mol. The van der Waals surface area contributed by atoms with Gasteiger partial charge in [-0.1, -0.05) is 22.0 Å². The van der Waals surface area contributed by atoms with Crippen molar-refractivity contribution in [2.45, 2.75) is 45.9 Å². The van der Waals surface area contributed by atoms with Crippen LogP contribution >= 0.6 is 15.9 Å². The van der Waals surface area contributed by atoms with Crippen molar-refractivity contribution in [3.8, 4) is 0 Å². The largest absolute Gasteiger partial charge is 0.379 e. The van der Waals surface area contributed by atoms with Crippen LogP contribution in [0.2, 0.25) is 0 Å². The normalized spacial score (nSPS) is 18.0. The Bertz CT molecular complexity index is 995. The van der Waals surface area contributed by atoms with Crippen LogP contribution < -0.4 is 15.5 Å². The van der Waals surface area contributed by atoms with Crippen LogP contribution in [0.15, 0.2) is 40.9 Å². The molecule has 3 N–H and O–H groups in total. The van der Waals surface area contributed by atoms with Crippen LogP contribution in [0.5, 0.6) is 0 Å². The lowest BCUT2D eigenvalue weighted by Gasteiger charge is -2.43. The van der Waals surface area contributed by atoms with E-state index in [1.165, 1.54) is 0 Å². The van der Waals surface area contributed by atoms with Gasteiger partial charge in [-0.15, -0.1) is 0 Å². The lowest BCUT2D eigenvalue weighted by molar-refractivity contribution is -0.140. The van der Waals surface area contributed by atoms with E-state index in [-0.39, 0.29) is 11.7 Å². The van der Waals surface area contributed by atoms with E-state index in [1.807, 2.05) is 33.8 Å². The van der Waals surface area contributed by atoms with E-state index in [2.05, 4.69) is 26.6 Å². The summed E-state index contributed by atoms with van der Waals surface area (Å²) in [6.45, 7) is 8.55. The molecule has 0 aromatic heterocycles. The van der Waals surface area contributed by atoms with E-state index in [0.29, 0.717) is 35.4 Å². The number of hydrogen-bond acceptors (Lipinski definition) is 4. The van der Waals surface area contributed by atoms with Gasteiger partial charge in [-0.25, -0.2) is 4.79 Å². The number of carbonyl (C=O) groups excluding carboxylic acids is 2. The van der Waals surface area contributed by atoms with E-state index < -0.39 is 17.7 Å². The minimum atomic E-state index is -2.22. The van der Waals surface area contributed by atoms with Crippen molar-refractivity contribution in [1.82, 2.24) is 5.32 Å². The summed E-state index contributed by atoms with van der Waals surface area (Å²) >= 11 is 3.40. The van der Waals surface area contributed by atoms with E-state index in [4.69, 9.17) is 4.74 Å². The Morgan fingerprint density at radius 3 is 2.65 bits per heavy atom. The molecule has 1 aliphatic rings. The van der Waals surface area contributed by atoms with Gasteiger partial charge in [-0.3, -0.25) is 9.69 Å². The standard InChI is InChI=1S/C23H28BrN3O4/c1-14(2)31-11-5-10-25-21(28)23(30)19-13-17(24)7-9-20(19)26-22(29)27(23)18-8-6-15(3)16(4)12-18/h6-9,12-14,30H,5,10-11H2,1-4H3,(H,25,28)(H,26,29)/t23-/m1/s1. The highest BCUT2D eigenvalue weighted by atomic mass is 79.9. The molecule has 7 nitrogen and oxygen atoms in total. The van der Waals surface area contributed by atoms with Crippen LogP contribution in [0.1, 0.15) is 37.0 Å². The first kappa shape index (κ1) is 23.2. The first-order valence-electron chi connectivity index (χ1n) is 10.3. The molecule has 3 amide bonds. The highest BCUT2D eigenvalue weighted by Crippen LogP contribution is 2.41. The maximum Gasteiger partial charge on any atom is 0.329 e. The number of carbonyl (C=O) groups is 2. The molecule has 0 saturated carbocycles. The van der Waals surface area contributed by atoms with Gasteiger partial charge in [0.25, 0.3) is 11.6 Å². The molecular formula is C23H28BrN3O4. The number of anilines is 2. The minimum absolute atomic E-state index is 0.103. The number of rotatable bonds is 7. The van der Waals surface area contributed by atoms with Crippen LogP contribution in [0.4, 0.5) is 16.2 Å². The van der Waals surface area contributed by atoms with Gasteiger partial charge in [0, 0.05) is 28.9 Å². The van der Waals surface area contributed by atoms with E-state index in [1.54, 1.807) is 30.3 Å². The third kappa shape index (κ3) is 4.76. The van der Waals surface area contributed by atoms with E-state index >= 15 is 0 Å². The number of urea groups is 1. The smallest absolute Gasteiger partial charge is 0.329 e. The van der Waals surface area contributed by atoms with Crippen LogP contribution in [-0.2, 0) is 15.3 Å². The van der Waals surface area contributed by atoms with Crippen LogP contribution in [-0.4, -0.2) is 36.3 Å². The molecule has 8 heteroatoms. The zero-order valence-corrected chi connectivity index (χ0v) is 19.7. The highest BCUT2D eigenvalue weighted by molar-refractivity contribution is 9.10. The SMILES string of the molecule is Cc1ccc(N2C(=O)Nc3ccc(Br)cc3[C@@]2(O)C(=O)NCCCOC(C)C)cc1C. The van der Waals surface area contributed by atoms with Crippen molar-refractivity contribution in [3.63, 3.8) is 0 Å². The Morgan fingerprint density at radius 2 is 1.97 bits per heavy atom. The highest BCUT2D eigenvalue weighted by Gasteiger charge is 2.52. The van der Waals surface area contributed by atoms with Gasteiger partial charge >= 0.3 is 6.03 Å². The molecule has 0 saturated heterocycles. The molecule has 0 radical (unpaired) electrons. The topological polar surface area (TPSA) is 90.9 Å². The van der Waals surface area contributed by atoms with Crippen molar-refractivity contribution in [2.24, 2.45) is 0 Å². The Hall–Kier alpha value is -2.42. The number of aryl methyl sites for hydroxylation is 2. The van der Waals surface area contributed by atoms with Gasteiger partial charge in [0.1, 0.15) is 0 Å². The molecule has 1 heterocycles. The van der Waals surface area contributed by atoms with Crippen LogP contribution in [0.25, 0.3) is 0 Å². The summed E-state index contributed by atoms with van der Waals surface area (Å²) in [6.07, 6.45) is 0.688. The molecule has 0 unspecified atom stereocenters. The summed E-state index contributed by atoms with van der Waals surface area (Å²) in [5.74, 6) is -0.676. The summed E-state index contributed by atoms with van der Waals surface area (Å²) in [6, 6.07) is 9.82. The van der Waals surface area contributed by atoms with Gasteiger partial charge in [0.15, 0.2) is 0 Å². The Balaban J connectivity index is 1.99. The molecule has 166 valence electrons. The number of fused-ring (bicyclic) bond motifs is 1. The van der Waals surface area contributed by atoms with Crippen molar-refractivity contribution in [1.29, 1.82) is 0 Å². The Labute approximate surface area is 190 Å². The molecule has 0 spiro atoms. The minimum Gasteiger partial charge on any atom is -0.379 e. The molecule has 0 bridgehead atoms. The Morgan fingerprint density at radius 1 is 1.23 bits per heavy atom. The number of nitrogens with zero attached hydrogens (tertiary/aromatic N) is 1. The number of hydrogen-bond donors (Lipinski definition) is 3. The summed E-state index contributed by atoms with van der Waals surface area (Å²) in [7, 11) is 0. The molecule has 31 heavy (non-hydrogen) atoms. The monoisotopic (exact) mass is 489 g/mol. The van der Waals surface area contributed by atoms with Crippen molar-refractivity contribution >= 4 is 39.2 Å². The van der Waals surface area contributed by atoms with Crippen LogP contribution in [0, 0.1) is 13.8 Å². The van der Waals surface area contributed by atoms with Gasteiger partial charge < -0.3 is 20.5 Å². The first-order chi connectivity index (χ1) is 14.6. The third-order valence-corrected chi connectivity index (χ3v) is 5.74. The third-order valence-electron chi connectivity index (χ3n) is 5.25. The quantitative estimate of drug-likeness (QED) is 0.508. The summed E-state index contributed by atoms with van der Waals surface area (Å²) in [4.78, 5) is 27.5. The molecule has 3 rings (SSSR count). The number of amides is 3. The lowest BCUT2D eigenvalue weighted by atomic mass is 9.94.